The van der Waals surface area contributed by atoms with E-state index >= 15 is 0 Å². The van der Waals surface area contributed by atoms with Crippen molar-refractivity contribution in [3.05, 3.63) is 0 Å². The maximum Gasteiger partial charge on any atom is 0.407 e. The van der Waals surface area contributed by atoms with Gasteiger partial charge in [-0.05, 0) is 0 Å². The summed E-state index contributed by atoms with van der Waals surface area (Å²) in [7, 11) is 0. The predicted octanol–water partition coefficient (Wildman–Crippen LogP) is 1.14. The third kappa shape index (κ3) is 6.11. The van der Waals surface area contributed by atoms with E-state index in [1.54, 1.807) is 6.92 Å². The number of carbonyl (C=O) groups is 1. The molecule has 1 atom stereocenters. The molecule has 2 N–H and O–H groups in total. The lowest BCUT2D eigenvalue weighted by molar-refractivity contribution is -0.00854. The monoisotopic (exact) mass is 266 g/mol. The van der Waals surface area contributed by atoms with Gasteiger partial charge in [-0.1, -0.05) is 13.3 Å². The van der Waals surface area contributed by atoms with E-state index in [4.69, 9.17) is 9.47 Å². The highest BCUT2D eigenvalue weighted by molar-refractivity contribution is 5.67. The number of amides is 1. The largest absolute Gasteiger partial charge is 0.448 e. The van der Waals surface area contributed by atoms with Crippen LogP contribution in [-0.2, 0) is 9.47 Å². The Kier molecular flexibility index (Phi) is 6.28. The Balaban J connectivity index is 2.13. The first-order chi connectivity index (χ1) is 8.53. The highest BCUT2D eigenvalue weighted by atomic mass is 19.3. The van der Waals surface area contributed by atoms with Crippen LogP contribution in [0, 0.1) is 0 Å². The lowest BCUT2D eigenvalue weighted by Crippen LogP contribution is -2.45. The van der Waals surface area contributed by atoms with Crippen LogP contribution in [0.2, 0.25) is 0 Å². The number of nitrogens with one attached hydrogen (secondary N) is 2. The van der Waals surface area contributed by atoms with E-state index in [1.165, 1.54) is 0 Å². The predicted molar refractivity (Wildman–Crippen MR) is 61.8 cm³/mol. The number of morpholine rings is 1. The Hall–Kier alpha value is -0.950. The van der Waals surface area contributed by atoms with Crippen LogP contribution < -0.4 is 10.6 Å². The van der Waals surface area contributed by atoms with Crippen LogP contribution in [0.15, 0.2) is 0 Å². The number of alkyl carbamates (subject to hydrolysis) is 1. The molecule has 0 aromatic rings. The van der Waals surface area contributed by atoms with Crippen molar-refractivity contribution in [1.82, 2.24) is 10.6 Å². The first-order valence-corrected chi connectivity index (χ1v) is 6.13. The molecule has 0 aromatic carbocycles. The lowest BCUT2D eigenvalue weighted by atomic mass is 10.2. The Bertz CT molecular complexity index is 259. The molecule has 0 aliphatic carbocycles. The zero-order valence-electron chi connectivity index (χ0n) is 10.5. The van der Waals surface area contributed by atoms with E-state index in [9.17, 15) is 13.6 Å². The molecule has 0 radical (unpaired) electrons. The number of carbonyl (C=O) groups excluding carboxylic acids is 1. The van der Waals surface area contributed by atoms with Crippen molar-refractivity contribution in [2.75, 3.05) is 32.9 Å². The van der Waals surface area contributed by atoms with Crippen molar-refractivity contribution in [1.29, 1.82) is 0 Å². The average molecular weight is 266 g/mol. The van der Waals surface area contributed by atoms with Crippen LogP contribution >= 0.6 is 0 Å². The summed E-state index contributed by atoms with van der Waals surface area (Å²) >= 11 is 0. The van der Waals surface area contributed by atoms with Crippen molar-refractivity contribution in [2.45, 2.75) is 31.7 Å². The van der Waals surface area contributed by atoms with Crippen molar-refractivity contribution in [3.8, 4) is 0 Å². The van der Waals surface area contributed by atoms with Crippen LogP contribution in [0.4, 0.5) is 13.6 Å². The fourth-order valence-electron chi connectivity index (χ4n) is 1.61. The quantitative estimate of drug-likeness (QED) is 0.757. The molecule has 0 aromatic heterocycles. The maximum atomic E-state index is 13.1. The minimum absolute atomic E-state index is 0.0688. The van der Waals surface area contributed by atoms with Gasteiger partial charge in [-0.3, -0.25) is 0 Å². The van der Waals surface area contributed by atoms with Gasteiger partial charge in [0.25, 0.3) is 5.92 Å². The third-order valence-corrected chi connectivity index (χ3v) is 2.52. The van der Waals surface area contributed by atoms with E-state index in [-0.39, 0.29) is 19.1 Å². The first kappa shape index (κ1) is 15.1. The molecule has 0 bridgehead atoms. The van der Waals surface area contributed by atoms with Crippen molar-refractivity contribution in [2.24, 2.45) is 0 Å². The Morgan fingerprint density at radius 2 is 2.39 bits per heavy atom. The lowest BCUT2D eigenvalue weighted by Gasteiger charge is -2.23. The summed E-state index contributed by atoms with van der Waals surface area (Å²) < 4.78 is 36.1. The molecule has 1 aliphatic heterocycles. The molecule has 1 amide bonds. The zero-order valence-corrected chi connectivity index (χ0v) is 10.5. The third-order valence-electron chi connectivity index (χ3n) is 2.52. The smallest absolute Gasteiger partial charge is 0.407 e. The second-order valence-electron chi connectivity index (χ2n) is 4.28. The van der Waals surface area contributed by atoms with Gasteiger partial charge in [0.2, 0.25) is 0 Å². The second-order valence-corrected chi connectivity index (χ2v) is 4.28. The molecular formula is C11H20F2N2O3. The summed E-state index contributed by atoms with van der Waals surface area (Å²) in [6, 6.07) is -0.0688. The van der Waals surface area contributed by atoms with Crippen LogP contribution in [0.5, 0.6) is 0 Å². The SMILES string of the molecule is CCCC(F)(F)CNC(=O)OCC1COCCN1. The van der Waals surface area contributed by atoms with Gasteiger partial charge in [0, 0.05) is 13.0 Å². The molecule has 1 aliphatic rings. The standard InChI is InChI=1S/C11H20F2N2O3/c1-2-3-11(12,13)8-15-10(16)18-7-9-6-17-5-4-14-9/h9,14H,2-8H2,1H3,(H,15,16). The summed E-state index contributed by atoms with van der Waals surface area (Å²) in [6.07, 6.45) is -0.698. The van der Waals surface area contributed by atoms with Gasteiger partial charge in [-0.15, -0.1) is 0 Å². The molecule has 0 saturated carbocycles. The molecule has 1 heterocycles. The minimum atomic E-state index is -2.88. The topological polar surface area (TPSA) is 59.6 Å². The highest BCUT2D eigenvalue weighted by Crippen LogP contribution is 2.18. The molecule has 5 nitrogen and oxygen atoms in total. The van der Waals surface area contributed by atoms with Gasteiger partial charge in [-0.25, -0.2) is 13.6 Å². The van der Waals surface area contributed by atoms with Gasteiger partial charge in [0.1, 0.15) is 6.61 Å². The van der Waals surface area contributed by atoms with E-state index in [2.05, 4.69) is 10.6 Å². The van der Waals surface area contributed by atoms with Gasteiger partial charge in [0.05, 0.1) is 25.8 Å². The highest BCUT2D eigenvalue weighted by Gasteiger charge is 2.28. The van der Waals surface area contributed by atoms with Crippen LogP contribution in [0.3, 0.4) is 0 Å². The fourth-order valence-corrected chi connectivity index (χ4v) is 1.61. The second kappa shape index (κ2) is 7.48. The summed E-state index contributed by atoms with van der Waals surface area (Å²) in [5.41, 5.74) is 0. The normalized spacial score (nSPS) is 20.5. The molecule has 7 heteroatoms. The number of ether oxygens (including phenoxy) is 2. The molecule has 106 valence electrons. The molecule has 1 saturated heterocycles. The zero-order chi connectivity index (χ0) is 13.4. The van der Waals surface area contributed by atoms with Gasteiger partial charge >= 0.3 is 6.09 Å². The molecule has 1 rings (SSSR count). The first-order valence-electron chi connectivity index (χ1n) is 6.13. The average Bonchev–Trinajstić information content (AvgIpc) is 2.35. The van der Waals surface area contributed by atoms with Gasteiger partial charge in [-0.2, -0.15) is 0 Å². The molecule has 0 spiro atoms. The van der Waals surface area contributed by atoms with Crippen LogP contribution in [-0.4, -0.2) is 51.0 Å². The fraction of sp³-hybridized carbons (Fsp3) is 0.909. The summed E-state index contributed by atoms with van der Waals surface area (Å²) in [5.74, 6) is -2.88. The van der Waals surface area contributed by atoms with E-state index in [0.29, 0.717) is 26.2 Å². The van der Waals surface area contributed by atoms with Crippen molar-refractivity contribution >= 4 is 6.09 Å². The summed E-state index contributed by atoms with van der Waals surface area (Å²) in [4.78, 5) is 11.2. The van der Waals surface area contributed by atoms with Crippen molar-refractivity contribution < 1.29 is 23.0 Å². The van der Waals surface area contributed by atoms with Crippen LogP contribution in [0.1, 0.15) is 19.8 Å². The van der Waals surface area contributed by atoms with Gasteiger partial charge < -0.3 is 20.1 Å². The summed E-state index contributed by atoms with van der Waals surface area (Å²) in [6.45, 7) is 2.88. The Morgan fingerprint density at radius 3 is 3.00 bits per heavy atom. The Morgan fingerprint density at radius 1 is 1.61 bits per heavy atom. The number of hydrogen-bond acceptors (Lipinski definition) is 4. The number of alkyl halides is 2. The van der Waals surface area contributed by atoms with Crippen LogP contribution in [0.25, 0.3) is 0 Å². The van der Waals surface area contributed by atoms with E-state index in [1.807, 2.05) is 0 Å². The number of hydrogen-bond donors (Lipinski definition) is 2. The van der Waals surface area contributed by atoms with Gasteiger partial charge in [0.15, 0.2) is 0 Å². The minimum Gasteiger partial charge on any atom is -0.448 e. The number of halogens is 2. The molecule has 1 unspecified atom stereocenters. The van der Waals surface area contributed by atoms with E-state index in [0.717, 1.165) is 0 Å². The van der Waals surface area contributed by atoms with E-state index < -0.39 is 18.6 Å². The molecule has 18 heavy (non-hydrogen) atoms. The summed E-state index contributed by atoms with van der Waals surface area (Å²) in [5, 5.41) is 5.16. The number of rotatable bonds is 6. The Labute approximate surface area is 105 Å². The van der Waals surface area contributed by atoms with Crippen molar-refractivity contribution in [3.63, 3.8) is 0 Å². The molecule has 1 fully saturated rings. The maximum absolute atomic E-state index is 13.1. The molecular weight excluding hydrogens is 246 g/mol.